The number of carbonyl (C=O) groups excluding carboxylic acids is 2. The molecule has 4 nitrogen and oxygen atoms in total. The number of benzene rings is 2. The van der Waals surface area contributed by atoms with Gasteiger partial charge in [0.1, 0.15) is 5.82 Å². The number of amides is 2. The van der Waals surface area contributed by atoms with Gasteiger partial charge < -0.3 is 9.80 Å². The lowest BCUT2D eigenvalue weighted by Crippen LogP contribution is -2.35. The molecule has 0 bridgehead atoms. The van der Waals surface area contributed by atoms with Gasteiger partial charge in [0, 0.05) is 38.2 Å². The average molecular weight is 394 g/mol. The van der Waals surface area contributed by atoms with Crippen LogP contribution in [-0.4, -0.2) is 41.2 Å². The fraction of sp³-hybridized carbons (Fsp3) is 0.300. The first-order valence-corrected chi connectivity index (χ1v) is 8.73. The third-order valence-electron chi connectivity index (χ3n) is 4.60. The zero-order valence-corrected chi connectivity index (χ0v) is 14.9. The lowest BCUT2D eigenvalue weighted by Gasteiger charge is -2.22. The van der Waals surface area contributed by atoms with Crippen LogP contribution in [-0.2, 0) is 17.5 Å². The second kappa shape index (κ2) is 8.00. The summed E-state index contributed by atoms with van der Waals surface area (Å²) in [5, 5.41) is 0. The molecule has 2 amide bonds. The third-order valence-corrected chi connectivity index (χ3v) is 4.60. The van der Waals surface area contributed by atoms with Crippen molar-refractivity contribution in [2.45, 2.75) is 19.1 Å². The maximum atomic E-state index is 13.3. The molecule has 1 saturated heterocycles. The molecule has 3 rings (SSSR count). The molecule has 1 aliphatic heterocycles. The Bertz CT molecular complexity index is 865. The number of alkyl halides is 3. The van der Waals surface area contributed by atoms with Gasteiger partial charge >= 0.3 is 6.18 Å². The molecule has 2 aromatic rings. The predicted octanol–water partition coefficient (Wildman–Crippen LogP) is 3.72. The van der Waals surface area contributed by atoms with Crippen molar-refractivity contribution in [3.63, 3.8) is 0 Å². The summed E-state index contributed by atoms with van der Waals surface area (Å²) in [6.07, 6.45) is -4.37. The topological polar surface area (TPSA) is 40.6 Å². The van der Waals surface area contributed by atoms with E-state index in [1.165, 1.54) is 17.0 Å². The summed E-state index contributed by atoms with van der Waals surface area (Å²) in [6.45, 7) is 0.930. The third kappa shape index (κ3) is 4.68. The highest BCUT2D eigenvalue weighted by Gasteiger charge is 2.31. The number of hydrogen-bond donors (Lipinski definition) is 0. The van der Waals surface area contributed by atoms with Gasteiger partial charge in [-0.05, 0) is 42.0 Å². The Morgan fingerprint density at radius 1 is 1.00 bits per heavy atom. The van der Waals surface area contributed by atoms with E-state index in [0.29, 0.717) is 5.56 Å². The molecule has 148 valence electrons. The smallest absolute Gasteiger partial charge is 0.337 e. The highest BCUT2D eigenvalue weighted by atomic mass is 19.4. The van der Waals surface area contributed by atoms with Crippen LogP contribution in [0.25, 0.3) is 0 Å². The van der Waals surface area contributed by atoms with Crippen LogP contribution in [0.3, 0.4) is 0 Å². The van der Waals surface area contributed by atoms with E-state index >= 15 is 0 Å². The van der Waals surface area contributed by atoms with Gasteiger partial charge in [-0.2, -0.15) is 13.2 Å². The molecule has 0 spiro atoms. The maximum Gasteiger partial charge on any atom is 0.416 e. The van der Waals surface area contributed by atoms with E-state index in [4.69, 9.17) is 0 Å². The molecule has 0 saturated carbocycles. The highest BCUT2D eigenvalue weighted by Crippen LogP contribution is 2.29. The number of hydrogen-bond acceptors (Lipinski definition) is 2. The summed E-state index contributed by atoms with van der Waals surface area (Å²) in [6, 6.07) is 9.96. The quantitative estimate of drug-likeness (QED) is 0.745. The van der Waals surface area contributed by atoms with Gasteiger partial charge in [0.25, 0.3) is 5.91 Å². The molecular weight excluding hydrogens is 376 g/mol. The Labute approximate surface area is 159 Å². The zero-order valence-electron chi connectivity index (χ0n) is 14.9. The maximum absolute atomic E-state index is 13.3. The molecule has 8 heteroatoms. The SMILES string of the molecule is O=C1CCN(C(=O)c2ccc(C(F)(F)F)cc2)CCN1Cc1cccc(F)c1. The van der Waals surface area contributed by atoms with E-state index in [1.54, 1.807) is 17.0 Å². The fourth-order valence-corrected chi connectivity index (χ4v) is 3.08. The van der Waals surface area contributed by atoms with Gasteiger partial charge in [0.05, 0.1) is 5.56 Å². The first-order valence-electron chi connectivity index (χ1n) is 8.73. The van der Waals surface area contributed by atoms with Gasteiger partial charge in [0.2, 0.25) is 5.91 Å². The average Bonchev–Trinajstić information content (AvgIpc) is 2.83. The van der Waals surface area contributed by atoms with Crippen molar-refractivity contribution in [3.8, 4) is 0 Å². The summed E-state index contributed by atoms with van der Waals surface area (Å²) in [7, 11) is 0. The van der Waals surface area contributed by atoms with Crippen LogP contribution in [0.15, 0.2) is 48.5 Å². The Hall–Kier alpha value is -2.90. The molecular formula is C20H18F4N2O2. The first kappa shape index (κ1) is 19.9. The molecule has 0 atom stereocenters. The predicted molar refractivity (Wildman–Crippen MR) is 93.8 cm³/mol. The van der Waals surface area contributed by atoms with E-state index in [2.05, 4.69) is 0 Å². The van der Waals surface area contributed by atoms with E-state index in [1.807, 2.05) is 0 Å². The van der Waals surface area contributed by atoms with Crippen molar-refractivity contribution < 1.29 is 27.2 Å². The first-order chi connectivity index (χ1) is 13.2. The molecule has 28 heavy (non-hydrogen) atoms. The standard InChI is InChI=1S/C20H18F4N2O2/c21-17-3-1-2-14(12-17)13-26-11-10-25(9-8-18(26)27)19(28)15-4-6-16(7-5-15)20(22,23)24/h1-7,12H,8-11,13H2. The Morgan fingerprint density at radius 3 is 2.36 bits per heavy atom. The van der Waals surface area contributed by atoms with E-state index in [-0.39, 0.29) is 49.9 Å². The number of carbonyl (C=O) groups is 2. The minimum Gasteiger partial charge on any atom is -0.337 e. The molecule has 2 aromatic carbocycles. The van der Waals surface area contributed by atoms with Crippen LogP contribution >= 0.6 is 0 Å². The largest absolute Gasteiger partial charge is 0.416 e. The molecule has 0 aliphatic carbocycles. The van der Waals surface area contributed by atoms with Crippen molar-refractivity contribution in [2.75, 3.05) is 19.6 Å². The number of rotatable bonds is 3. The number of nitrogens with zero attached hydrogens (tertiary/aromatic N) is 2. The van der Waals surface area contributed by atoms with Gasteiger partial charge in [-0.3, -0.25) is 9.59 Å². The lowest BCUT2D eigenvalue weighted by atomic mass is 10.1. The monoisotopic (exact) mass is 394 g/mol. The molecule has 1 fully saturated rings. The summed E-state index contributed by atoms with van der Waals surface area (Å²) in [5.74, 6) is -0.972. The van der Waals surface area contributed by atoms with Gasteiger partial charge in [-0.25, -0.2) is 4.39 Å². The summed E-state index contributed by atoms with van der Waals surface area (Å²) in [4.78, 5) is 27.9. The fourth-order valence-electron chi connectivity index (χ4n) is 3.08. The molecule has 0 N–H and O–H groups in total. The van der Waals surface area contributed by atoms with E-state index in [9.17, 15) is 27.2 Å². The van der Waals surface area contributed by atoms with Crippen LogP contribution in [0.5, 0.6) is 0 Å². The molecule has 0 unspecified atom stereocenters. The normalized spacial score (nSPS) is 15.5. The Balaban J connectivity index is 1.66. The second-order valence-corrected chi connectivity index (χ2v) is 6.56. The molecule has 1 heterocycles. The van der Waals surface area contributed by atoms with Crippen molar-refractivity contribution in [2.24, 2.45) is 0 Å². The van der Waals surface area contributed by atoms with Crippen LogP contribution in [0.2, 0.25) is 0 Å². The van der Waals surface area contributed by atoms with Crippen LogP contribution < -0.4 is 0 Å². The van der Waals surface area contributed by atoms with E-state index in [0.717, 1.165) is 24.3 Å². The van der Waals surface area contributed by atoms with Crippen LogP contribution in [0.4, 0.5) is 17.6 Å². The minimum absolute atomic E-state index is 0.0989. The number of halogens is 4. The summed E-state index contributed by atoms with van der Waals surface area (Å²) >= 11 is 0. The highest BCUT2D eigenvalue weighted by molar-refractivity contribution is 5.94. The van der Waals surface area contributed by atoms with Crippen LogP contribution in [0.1, 0.15) is 27.9 Å². The van der Waals surface area contributed by atoms with Gasteiger partial charge in [-0.15, -0.1) is 0 Å². The summed E-state index contributed by atoms with van der Waals surface area (Å²) in [5.41, 5.74) is -0.0359. The van der Waals surface area contributed by atoms with Crippen molar-refractivity contribution in [1.29, 1.82) is 0 Å². The van der Waals surface area contributed by atoms with Gasteiger partial charge in [0.15, 0.2) is 0 Å². The minimum atomic E-state index is -4.46. The zero-order chi connectivity index (χ0) is 20.3. The molecule has 0 aromatic heterocycles. The van der Waals surface area contributed by atoms with Gasteiger partial charge in [-0.1, -0.05) is 12.1 Å². The van der Waals surface area contributed by atoms with Crippen molar-refractivity contribution >= 4 is 11.8 Å². The van der Waals surface area contributed by atoms with Crippen molar-refractivity contribution in [3.05, 3.63) is 71.0 Å². The second-order valence-electron chi connectivity index (χ2n) is 6.56. The van der Waals surface area contributed by atoms with E-state index < -0.39 is 17.6 Å². The lowest BCUT2D eigenvalue weighted by molar-refractivity contribution is -0.137. The molecule has 0 radical (unpaired) electrons. The molecule has 1 aliphatic rings. The van der Waals surface area contributed by atoms with Crippen molar-refractivity contribution in [1.82, 2.24) is 9.80 Å². The Morgan fingerprint density at radius 2 is 1.71 bits per heavy atom. The van der Waals surface area contributed by atoms with Crippen LogP contribution in [0, 0.1) is 5.82 Å². The summed E-state index contributed by atoms with van der Waals surface area (Å²) < 4.78 is 51.3. The Kier molecular flexibility index (Phi) is 5.67.